The second kappa shape index (κ2) is 9.24. The summed E-state index contributed by atoms with van der Waals surface area (Å²) in [6, 6.07) is 25.7. The van der Waals surface area contributed by atoms with Gasteiger partial charge in [-0.2, -0.15) is 0 Å². The highest BCUT2D eigenvalue weighted by atomic mass is 32.2. The van der Waals surface area contributed by atoms with Gasteiger partial charge in [-0.05, 0) is 35.7 Å². The van der Waals surface area contributed by atoms with Gasteiger partial charge in [0.2, 0.25) is 15.9 Å². The minimum atomic E-state index is -3.48. The maximum absolute atomic E-state index is 13.2. The maximum atomic E-state index is 13.2. The number of carbonyl (C=O) groups is 1. The Balaban J connectivity index is 1.82. The van der Waals surface area contributed by atoms with E-state index in [-0.39, 0.29) is 16.8 Å². The molecule has 3 rings (SSSR count). The summed E-state index contributed by atoms with van der Waals surface area (Å²) in [7, 11) is -0.483. The Labute approximate surface area is 178 Å². The van der Waals surface area contributed by atoms with Crippen LogP contribution in [-0.2, 0) is 14.8 Å². The molecule has 30 heavy (non-hydrogen) atoms. The molecule has 0 fully saturated rings. The highest BCUT2D eigenvalue weighted by Crippen LogP contribution is 2.26. The van der Waals surface area contributed by atoms with Crippen LogP contribution in [0.1, 0.15) is 35.6 Å². The summed E-state index contributed by atoms with van der Waals surface area (Å²) in [5.41, 5.74) is 2.67. The smallest absolute Gasteiger partial charge is 0.242 e. The molecule has 0 aliphatic rings. The number of nitrogens with zero attached hydrogens (tertiary/aromatic N) is 1. The van der Waals surface area contributed by atoms with Gasteiger partial charge in [-0.3, -0.25) is 4.79 Å². The lowest BCUT2D eigenvalue weighted by molar-refractivity contribution is -0.122. The van der Waals surface area contributed by atoms with Gasteiger partial charge in [0.1, 0.15) is 0 Å². The van der Waals surface area contributed by atoms with Gasteiger partial charge in [-0.25, -0.2) is 12.7 Å². The molecule has 0 aliphatic heterocycles. The van der Waals surface area contributed by atoms with Gasteiger partial charge < -0.3 is 5.32 Å². The SMILES string of the molecule is CC(NC(=O)C(c1ccccc1)c1ccccc1)c1ccc(S(=O)(=O)N(C)C)cc1. The largest absolute Gasteiger partial charge is 0.349 e. The first-order chi connectivity index (χ1) is 14.3. The predicted molar refractivity (Wildman–Crippen MR) is 119 cm³/mol. The van der Waals surface area contributed by atoms with Gasteiger partial charge in [-0.15, -0.1) is 0 Å². The Kier molecular flexibility index (Phi) is 6.70. The summed E-state index contributed by atoms with van der Waals surface area (Å²) < 4.78 is 25.7. The molecule has 0 spiro atoms. The van der Waals surface area contributed by atoms with Gasteiger partial charge in [0.25, 0.3) is 0 Å². The lowest BCUT2D eigenvalue weighted by Crippen LogP contribution is -2.32. The second-order valence-electron chi connectivity index (χ2n) is 7.34. The molecule has 1 amide bonds. The van der Waals surface area contributed by atoms with Crippen LogP contribution in [0.25, 0.3) is 0 Å². The number of nitrogens with one attached hydrogen (secondary N) is 1. The normalized spacial score (nSPS) is 12.7. The van der Waals surface area contributed by atoms with Crippen LogP contribution in [0, 0.1) is 0 Å². The van der Waals surface area contributed by atoms with E-state index in [1.165, 1.54) is 18.4 Å². The van der Waals surface area contributed by atoms with Crippen LogP contribution in [-0.4, -0.2) is 32.7 Å². The average Bonchev–Trinajstić information content (AvgIpc) is 2.75. The van der Waals surface area contributed by atoms with E-state index in [2.05, 4.69) is 5.32 Å². The number of carbonyl (C=O) groups excluding carboxylic acids is 1. The molecular formula is C24H26N2O3S. The number of rotatable bonds is 7. The Morgan fingerprint density at radius 1 is 0.767 bits per heavy atom. The lowest BCUT2D eigenvalue weighted by Gasteiger charge is -2.22. The van der Waals surface area contributed by atoms with Crippen molar-refractivity contribution in [3.8, 4) is 0 Å². The first kappa shape index (κ1) is 21.7. The Morgan fingerprint density at radius 3 is 1.67 bits per heavy atom. The van der Waals surface area contributed by atoms with E-state index in [4.69, 9.17) is 0 Å². The van der Waals surface area contributed by atoms with E-state index in [0.29, 0.717) is 0 Å². The summed E-state index contributed by atoms with van der Waals surface area (Å²) in [5, 5.41) is 3.08. The first-order valence-corrected chi connectivity index (χ1v) is 11.2. The van der Waals surface area contributed by atoms with Gasteiger partial charge in [0.05, 0.1) is 16.9 Å². The topological polar surface area (TPSA) is 66.5 Å². The third kappa shape index (κ3) is 4.78. The second-order valence-corrected chi connectivity index (χ2v) is 9.49. The highest BCUT2D eigenvalue weighted by molar-refractivity contribution is 7.89. The molecule has 0 aromatic heterocycles. The zero-order valence-electron chi connectivity index (χ0n) is 17.3. The standard InChI is InChI=1S/C24H26N2O3S/c1-18(19-14-16-22(17-15-19)30(28,29)26(2)3)25-24(27)23(20-10-6-4-7-11-20)21-12-8-5-9-13-21/h4-18,23H,1-3H3,(H,25,27). The molecule has 1 unspecified atom stereocenters. The highest BCUT2D eigenvalue weighted by Gasteiger charge is 2.24. The Hall–Kier alpha value is -2.96. The van der Waals surface area contributed by atoms with Crippen molar-refractivity contribution >= 4 is 15.9 Å². The van der Waals surface area contributed by atoms with E-state index in [0.717, 1.165) is 16.7 Å². The van der Waals surface area contributed by atoms with Crippen LogP contribution in [0.5, 0.6) is 0 Å². The molecule has 156 valence electrons. The van der Waals surface area contributed by atoms with Crippen molar-refractivity contribution < 1.29 is 13.2 Å². The van der Waals surface area contributed by atoms with Crippen LogP contribution in [0.4, 0.5) is 0 Å². The van der Waals surface area contributed by atoms with Crippen molar-refractivity contribution in [1.82, 2.24) is 9.62 Å². The molecule has 1 atom stereocenters. The predicted octanol–water partition coefficient (Wildman–Crippen LogP) is 3.95. The van der Waals surface area contributed by atoms with Crippen molar-refractivity contribution in [3.63, 3.8) is 0 Å². The quantitative estimate of drug-likeness (QED) is 0.627. The molecule has 0 saturated carbocycles. The number of hydrogen-bond donors (Lipinski definition) is 1. The number of hydrogen-bond acceptors (Lipinski definition) is 3. The fourth-order valence-electron chi connectivity index (χ4n) is 3.31. The molecule has 5 nitrogen and oxygen atoms in total. The fraction of sp³-hybridized carbons (Fsp3) is 0.208. The molecule has 3 aromatic carbocycles. The summed E-state index contributed by atoms with van der Waals surface area (Å²) in [6.07, 6.45) is 0. The van der Waals surface area contributed by atoms with Crippen molar-refractivity contribution in [2.75, 3.05) is 14.1 Å². The lowest BCUT2D eigenvalue weighted by atomic mass is 9.90. The van der Waals surface area contributed by atoms with E-state index in [1.54, 1.807) is 24.3 Å². The van der Waals surface area contributed by atoms with Crippen LogP contribution >= 0.6 is 0 Å². The van der Waals surface area contributed by atoms with E-state index in [9.17, 15) is 13.2 Å². The van der Waals surface area contributed by atoms with Crippen molar-refractivity contribution in [2.45, 2.75) is 23.8 Å². The van der Waals surface area contributed by atoms with Crippen LogP contribution in [0.15, 0.2) is 89.8 Å². The van der Waals surface area contributed by atoms with Gasteiger partial charge in [0.15, 0.2) is 0 Å². The van der Waals surface area contributed by atoms with Crippen LogP contribution in [0.3, 0.4) is 0 Å². The van der Waals surface area contributed by atoms with Crippen LogP contribution < -0.4 is 5.32 Å². The third-order valence-electron chi connectivity index (χ3n) is 5.05. The molecule has 1 N–H and O–H groups in total. The van der Waals surface area contributed by atoms with Crippen molar-refractivity contribution in [1.29, 1.82) is 0 Å². The summed E-state index contributed by atoms with van der Waals surface area (Å²) in [6.45, 7) is 1.89. The summed E-state index contributed by atoms with van der Waals surface area (Å²) >= 11 is 0. The molecule has 0 bridgehead atoms. The zero-order valence-corrected chi connectivity index (χ0v) is 18.1. The molecule has 6 heteroatoms. The summed E-state index contributed by atoms with van der Waals surface area (Å²) in [5.74, 6) is -0.534. The third-order valence-corrected chi connectivity index (χ3v) is 6.87. The Morgan fingerprint density at radius 2 is 1.23 bits per heavy atom. The molecule has 0 aliphatic carbocycles. The first-order valence-electron chi connectivity index (χ1n) is 9.73. The zero-order chi connectivity index (χ0) is 21.7. The number of benzene rings is 3. The Bertz CT molecular complexity index is 1040. The average molecular weight is 423 g/mol. The van der Waals surface area contributed by atoms with Crippen LogP contribution in [0.2, 0.25) is 0 Å². The molecular weight excluding hydrogens is 396 g/mol. The monoisotopic (exact) mass is 422 g/mol. The fourth-order valence-corrected chi connectivity index (χ4v) is 4.21. The number of sulfonamides is 1. The molecule has 0 heterocycles. The minimum absolute atomic E-state index is 0.107. The van der Waals surface area contributed by atoms with Gasteiger partial charge in [0, 0.05) is 14.1 Å². The molecule has 0 radical (unpaired) electrons. The van der Waals surface area contributed by atoms with Crippen molar-refractivity contribution in [3.05, 3.63) is 102 Å². The minimum Gasteiger partial charge on any atom is -0.349 e. The van der Waals surface area contributed by atoms with E-state index in [1.807, 2.05) is 67.6 Å². The molecule has 3 aromatic rings. The summed E-state index contributed by atoms with van der Waals surface area (Å²) in [4.78, 5) is 13.5. The maximum Gasteiger partial charge on any atom is 0.242 e. The van der Waals surface area contributed by atoms with E-state index >= 15 is 0 Å². The van der Waals surface area contributed by atoms with Gasteiger partial charge >= 0.3 is 0 Å². The van der Waals surface area contributed by atoms with E-state index < -0.39 is 15.9 Å². The van der Waals surface area contributed by atoms with Gasteiger partial charge in [-0.1, -0.05) is 72.8 Å². The number of amides is 1. The van der Waals surface area contributed by atoms with Crippen molar-refractivity contribution in [2.24, 2.45) is 0 Å². The molecule has 0 saturated heterocycles.